The van der Waals surface area contributed by atoms with Crippen molar-refractivity contribution >= 4 is 36.3 Å². The van der Waals surface area contributed by atoms with Crippen molar-refractivity contribution in [3.63, 3.8) is 0 Å². The standard InChI is InChI=1S/C51H94N2O9/c1-7-9-11-13-15-17-19-21-23-25-27-29-32-37-45(54)60-43(3)49(59-6)48(51(57)58)50(62-47(56)39-36-42-53-41-35-31-34-40-52-5)44(4)61-46(55)38-33-30-28-26-24-22-20-18-16-14-12-10-8-2/h40-41,43-44,48-50H,7-39,42H2,1-6H3,(H,57,58)/b52-40+,53-41+. The van der Waals surface area contributed by atoms with E-state index in [1.807, 2.05) is 12.4 Å². The molecule has 11 nitrogen and oxygen atoms in total. The highest BCUT2D eigenvalue weighted by Gasteiger charge is 2.46. The molecule has 0 amide bonds. The number of ether oxygens (including phenoxy) is 4. The normalized spacial score (nSPS) is 14.2. The van der Waals surface area contributed by atoms with Gasteiger partial charge in [-0.25, -0.2) is 0 Å². The van der Waals surface area contributed by atoms with E-state index in [0.29, 0.717) is 25.8 Å². The first-order chi connectivity index (χ1) is 30.1. The summed E-state index contributed by atoms with van der Waals surface area (Å²) in [5.41, 5.74) is 0. The molecular weight excluding hydrogens is 785 g/mol. The SMILES string of the molecule is CCCCCCCCCCCCCCCC(=O)OC(C)C(OC)C(C(=O)O)C(OC(=O)CCC/N=C/CCC/C=N/C)C(C)OC(=O)CCCCCCCCCCCCCCC. The Morgan fingerprint density at radius 2 is 0.839 bits per heavy atom. The summed E-state index contributed by atoms with van der Waals surface area (Å²) in [6.45, 7) is 8.03. The molecule has 362 valence electrons. The molecular formula is C51H94N2O9. The molecule has 0 saturated carbocycles. The molecule has 5 atom stereocenters. The minimum Gasteiger partial charge on any atom is -0.481 e. The second-order valence-corrected chi connectivity index (χ2v) is 17.5. The highest BCUT2D eigenvalue weighted by atomic mass is 16.6. The first kappa shape index (κ1) is 59.2. The van der Waals surface area contributed by atoms with Gasteiger partial charge in [0.15, 0.2) is 6.10 Å². The molecule has 0 aliphatic heterocycles. The van der Waals surface area contributed by atoms with E-state index in [1.165, 1.54) is 123 Å². The molecule has 0 rings (SSSR count). The molecule has 0 heterocycles. The number of aliphatic imine (C=N–C) groups is 2. The zero-order valence-electron chi connectivity index (χ0n) is 40.7. The molecule has 0 radical (unpaired) electrons. The summed E-state index contributed by atoms with van der Waals surface area (Å²) < 4.78 is 23.0. The maximum Gasteiger partial charge on any atom is 0.313 e. The van der Waals surface area contributed by atoms with E-state index in [-0.39, 0.29) is 19.3 Å². The Morgan fingerprint density at radius 3 is 1.23 bits per heavy atom. The van der Waals surface area contributed by atoms with Crippen LogP contribution in [0.5, 0.6) is 0 Å². The largest absolute Gasteiger partial charge is 0.481 e. The predicted molar refractivity (Wildman–Crippen MR) is 254 cm³/mol. The minimum absolute atomic E-state index is 0.00358. The van der Waals surface area contributed by atoms with E-state index in [2.05, 4.69) is 23.8 Å². The molecule has 0 bridgehead atoms. The summed E-state index contributed by atoms with van der Waals surface area (Å²) in [6.07, 6.45) is 33.5. The molecule has 11 heteroatoms. The van der Waals surface area contributed by atoms with Crippen molar-refractivity contribution in [2.24, 2.45) is 15.9 Å². The molecule has 62 heavy (non-hydrogen) atoms. The van der Waals surface area contributed by atoms with Crippen LogP contribution in [0, 0.1) is 5.92 Å². The quantitative estimate of drug-likeness (QED) is 0.0273. The molecule has 0 aliphatic rings. The van der Waals surface area contributed by atoms with Crippen LogP contribution in [0.3, 0.4) is 0 Å². The van der Waals surface area contributed by atoms with Gasteiger partial charge >= 0.3 is 23.9 Å². The summed E-state index contributed by atoms with van der Waals surface area (Å²) in [5, 5.41) is 10.6. The highest BCUT2D eigenvalue weighted by Crippen LogP contribution is 2.26. The fourth-order valence-corrected chi connectivity index (χ4v) is 7.94. The zero-order valence-corrected chi connectivity index (χ0v) is 40.7. The van der Waals surface area contributed by atoms with Crippen molar-refractivity contribution < 1.29 is 43.2 Å². The number of methoxy groups -OCH3 is 1. The van der Waals surface area contributed by atoms with Gasteiger partial charge in [-0.3, -0.25) is 24.2 Å². The minimum atomic E-state index is -1.48. The summed E-state index contributed by atoms with van der Waals surface area (Å²) in [6, 6.07) is 0. The lowest BCUT2D eigenvalue weighted by Crippen LogP contribution is -2.51. The van der Waals surface area contributed by atoms with Gasteiger partial charge in [0.1, 0.15) is 24.2 Å². The van der Waals surface area contributed by atoms with Crippen LogP contribution in [-0.4, -0.2) is 86.5 Å². The maximum atomic E-state index is 13.2. The first-order valence-electron chi connectivity index (χ1n) is 25.4. The Morgan fingerprint density at radius 1 is 0.484 bits per heavy atom. The van der Waals surface area contributed by atoms with Gasteiger partial charge in [-0.15, -0.1) is 0 Å². The zero-order chi connectivity index (χ0) is 45.9. The number of carbonyl (C=O) groups excluding carboxylic acids is 3. The summed E-state index contributed by atoms with van der Waals surface area (Å²) in [4.78, 5) is 60.5. The number of nitrogens with zero attached hydrogens (tertiary/aromatic N) is 2. The summed E-state index contributed by atoms with van der Waals surface area (Å²) >= 11 is 0. The summed E-state index contributed by atoms with van der Waals surface area (Å²) in [5.74, 6) is -4.33. The third-order valence-electron chi connectivity index (χ3n) is 11.7. The van der Waals surface area contributed by atoms with E-state index in [9.17, 15) is 24.3 Å². The van der Waals surface area contributed by atoms with Gasteiger partial charge in [0.2, 0.25) is 0 Å². The molecule has 0 fully saturated rings. The molecule has 0 aliphatic carbocycles. The summed E-state index contributed by atoms with van der Waals surface area (Å²) in [7, 11) is 3.09. The average Bonchev–Trinajstić information content (AvgIpc) is 3.24. The molecule has 5 unspecified atom stereocenters. The van der Waals surface area contributed by atoms with Crippen LogP contribution in [0.2, 0.25) is 0 Å². The maximum absolute atomic E-state index is 13.2. The number of hydrogen-bond acceptors (Lipinski definition) is 10. The number of hydrogen-bond donors (Lipinski definition) is 1. The molecule has 1 N–H and O–H groups in total. The second kappa shape index (κ2) is 43.4. The molecule has 0 aromatic carbocycles. The van der Waals surface area contributed by atoms with Gasteiger partial charge in [0.25, 0.3) is 0 Å². The Bertz CT molecular complexity index is 1150. The first-order valence-corrected chi connectivity index (χ1v) is 25.4. The number of esters is 3. The van der Waals surface area contributed by atoms with Gasteiger partial charge in [-0.05, 0) is 64.8 Å². The number of unbranched alkanes of at least 4 members (excludes halogenated alkanes) is 26. The van der Waals surface area contributed by atoms with Gasteiger partial charge in [-0.2, -0.15) is 0 Å². The number of carboxylic acid groups (broad SMARTS) is 1. The Hall–Kier alpha value is -2.82. The van der Waals surface area contributed by atoms with Gasteiger partial charge in [0, 0.05) is 40.0 Å². The van der Waals surface area contributed by atoms with Crippen molar-refractivity contribution in [3.8, 4) is 0 Å². The van der Waals surface area contributed by atoms with Crippen LogP contribution in [0.25, 0.3) is 0 Å². The van der Waals surface area contributed by atoms with Crippen LogP contribution in [0.1, 0.15) is 240 Å². The Labute approximate surface area is 379 Å². The highest BCUT2D eigenvalue weighted by molar-refractivity contribution is 5.75. The van der Waals surface area contributed by atoms with Crippen molar-refractivity contribution in [3.05, 3.63) is 0 Å². The number of carbonyl (C=O) groups is 4. The third-order valence-corrected chi connectivity index (χ3v) is 11.7. The van der Waals surface area contributed by atoms with Crippen molar-refractivity contribution in [2.45, 2.75) is 264 Å². The third kappa shape index (κ3) is 34.6. The number of aliphatic carboxylic acids is 1. The molecule has 0 aromatic heterocycles. The molecule has 0 saturated heterocycles. The lowest BCUT2D eigenvalue weighted by molar-refractivity contribution is -0.191. The van der Waals surface area contributed by atoms with Gasteiger partial charge in [0.05, 0.1) is 0 Å². The van der Waals surface area contributed by atoms with E-state index in [1.54, 1.807) is 20.9 Å². The molecule has 0 aromatic rings. The van der Waals surface area contributed by atoms with E-state index in [4.69, 9.17) is 18.9 Å². The monoisotopic (exact) mass is 879 g/mol. The van der Waals surface area contributed by atoms with Crippen LogP contribution in [0.15, 0.2) is 9.98 Å². The lowest BCUT2D eigenvalue weighted by atomic mass is 9.89. The average molecular weight is 879 g/mol. The fourth-order valence-electron chi connectivity index (χ4n) is 7.94. The van der Waals surface area contributed by atoms with Crippen molar-refractivity contribution in [2.75, 3.05) is 20.7 Å². The number of carboxylic acids is 1. The van der Waals surface area contributed by atoms with Crippen LogP contribution >= 0.6 is 0 Å². The van der Waals surface area contributed by atoms with Gasteiger partial charge < -0.3 is 29.0 Å². The smallest absolute Gasteiger partial charge is 0.313 e. The van der Waals surface area contributed by atoms with Crippen molar-refractivity contribution in [1.82, 2.24) is 0 Å². The second-order valence-electron chi connectivity index (χ2n) is 17.5. The van der Waals surface area contributed by atoms with Crippen molar-refractivity contribution in [1.29, 1.82) is 0 Å². The van der Waals surface area contributed by atoms with Crippen LogP contribution in [-0.2, 0) is 38.1 Å². The topological polar surface area (TPSA) is 150 Å². The van der Waals surface area contributed by atoms with Crippen LogP contribution in [0.4, 0.5) is 0 Å². The molecule has 0 spiro atoms. The lowest BCUT2D eigenvalue weighted by Gasteiger charge is -2.35. The Balaban J connectivity index is 5.21. The number of rotatable bonds is 45. The fraction of sp³-hybridized carbons (Fsp3) is 0.882. The van der Waals surface area contributed by atoms with Crippen LogP contribution < -0.4 is 0 Å². The van der Waals surface area contributed by atoms with E-state index in [0.717, 1.165) is 57.8 Å². The Kier molecular flexibility index (Phi) is 41.5. The van der Waals surface area contributed by atoms with E-state index >= 15 is 0 Å². The predicted octanol–water partition coefficient (Wildman–Crippen LogP) is 13.2. The van der Waals surface area contributed by atoms with Gasteiger partial charge in [-0.1, -0.05) is 168 Å². The van der Waals surface area contributed by atoms with E-state index < -0.39 is 54.2 Å².